The molecule has 118 valence electrons. The number of methoxy groups -OCH3 is 1. The van der Waals surface area contributed by atoms with Crippen molar-refractivity contribution in [1.82, 2.24) is 0 Å². The third kappa shape index (κ3) is 4.11. The lowest BCUT2D eigenvalue weighted by atomic mass is 9.97. The van der Waals surface area contributed by atoms with Crippen LogP contribution in [0.1, 0.15) is 34.0 Å². The summed E-state index contributed by atoms with van der Waals surface area (Å²) in [6.45, 7) is 0. The minimum atomic E-state index is -1.60. The zero-order valence-electron chi connectivity index (χ0n) is 12.6. The van der Waals surface area contributed by atoms with E-state index in [1.54, 1.807) is 25.3 Å². The molecule has 0 aliphatic heterocycles. The molecule has 2 aromatic carbocycles. The molecule has 1 atom stereocenters. The van der Waals surface area contributed by atoms with E-state index in [-0.39, 0.29) is 11.7 Å². The Morgan fingerprint density at radius 2 is 1.65 bits per heavy atom. The van der Waals surface area contributed by atoms with Crippen LogP contribution in [-0.2, 0) is 14.3 Å². The molecular formula is C18H16O5. The fourth-order valence-corrected chi connectivity index (χ4v) is 2.29. The van der Waals surface area contributed by atoms with E-state index < -0.39 is 24.0 Å². The molecule has 23 heavy (non-hydrogen) atoms. The van der Waals surface area contributed by atoms with Crippen molar-refractivity contribution in [2.75, 3.05) is 7.11 Å². The van der Waals surface area contributed by atoms with E-state index in [0.717, 1.165) is 11.1 Å². The average molecular weight is 312 g/mol. The molecule has 0 aromatic heterocycles. The maximum atomic E-state index is 12.0. The molecule has 5 nitrogen and oxygen atoms in total. The summed E-state index contributed by atoms with van der Waals surface area (Å²) in [4.78, 5) is 33.8. The predicted octanol–water partition coefficient (Wildman–Crippen LogP) is 2.65. The molecule has 0 aliphatic rings. The van der Waals surface area contributed by atoms with Crippen molar-refractivity contribution in [3.8, 4) is 0 Å². The van der Waals surface area contributed by atoms with Gasteiger partial charge in [0.25, 0.3) is 0 Å². The van der Waals surface area contributed by atoms with Crippen LogP contribution in [0.2, 0.25) is 0 Å². The largest absolute Gasteiger partial charge is 0.475 e. The van der Waals surface area contributed by atoms with Crippen LogP contribution >= 0.6 is 0 Å². The van der Waals surface area contributed by atoms with Gasteiger partial charge in [0.2, 0.25) is 5.78 Å². The number of ketones is 2. The Labute approximate surface area is 133 Å². The van der Waals surface area contributed by atoms with E-state index in [2.05, 4.69) is 0 Å². The van der Waals surface area contributed by atoms with Gasteiger partial charge in [0.1, 0.15) is 6.10 Å². The Kier molecular flexibility index (Phi) is 5.38. The molecular weight excluding hydrogens is 296 g/mol. The minimum Gasteiger partial charge on any atom is -0.475 e. The highest BCUT2D eigenvalue weighted by atomic mass is 16.5. The molecule has 1 unspecified atom stereocenters. The smallest absolute Gasteiger partial charge is 0.372 e. The van der Waals surface area contributed by atoms with Crippen LogP contribution in [0.3, 0.4) is 0 Å². The van der Waals surface area contributed by atoms with Crippen LogP contribution in [0, 0.1) is 0 Å². The van der Waals surface area contributed by atoms with Crippen molar-refractivity contribution in [3.63, 3.8) is 0 Å². The molecule has 0 amide bonds. The Morgan fingerprint density at radius 3 is 2.26 bits per heavy atom. The molecule has 0 fully saturated rings. The first kappa shape index (κ1) is 16.6. The highest BCUT2D eigenvalue weighted by molar-refractivity contribution is 6.37. The molecule has 2 aromatic rings. The number of carbonyl (C=O) groups is 3. The monoisotopic (exact) mass is 312 g/mol. The maximum Gasteiger partial charge on any atom is 0.372 e. The number of aliphatic carboxylic acids is 1. The molecule has 1 N–H and O–H groups in total. The standard InChI is InChI=1S/C18H16O5/c1-23-17(12-6-3-2-4-7-12)14-9-5-8-13(10-14)15(19)11-16(20)18(21)22/h2-10,17H,11H2,1H3,(H,21,22). The van der Waals surface area contributed by atoms with Gasteiger partial charge in [-0.25, -0.2) is 4.79 Å². The lowest BCUT2D eigenvalue weighted by Crippen LogP contribution is -2.17. The van der Waals surface area contributed by atoms with E-state index in [9.17, 15) is 14.4 Å². The van der Waals surface area contributed by atoms with Crippen molar-refractivity contribution >= 4 is 17.5 Å². The average Bonchev–Trinajstić information content (AvgIpc) is 2.56. The van der Waals surface area contributed by atoms with Crippen molar-refractivity contribution in [1.29, 1.82) is 0 Å². The minimum absolute atomic E-state index is 0.287. The lowest BCUT2D eigenvalue weighted by molar-refractivity contribution is -0.148. The summed E-state index contributed by atoms with van der Waals surface area (Å²) in [5.74, 6) is -3.25. The van der Waals surface area contributed by atoms with E-state index in [1.807, 2.05) is 36.4 Å². The molecule has 0 bridgehead atoms. The van der Waals surface area contributed by atoms with Gasteiger partial charge in [0.05, 0.1) is 6.42 Å². The first-order valence-electron chi connectivity index (χ1n) is 7.00. The highest BCUT2D eigenvalue weighted by Crippen LogP contribution is 2.26. The van der Waals surface area contributed by atoms with Gasteiger partial charge in [-0.05, 0) is 17.2 Å². The summed E-state index contributed by atoms with van der Waals surface area (Å²) >= 11 is 0. The summed E-state index contributed by atoms with van der Waals surface area (Å²) in [6.07, 6.45) is -0.999. The number of benzene rings is 2. The molecule has 2 rings (SSSR count). The number of ether oxygens (including phenoxy) is 1. The lowest BCUT2D eigenvalue weighted by Gasteiger charge is -2.17. The number of Topliss-reactive ketones (excluding diaryl/α,β-unsaturated/α-hetero) is 2. The van der Waals surface area contributed by atoms with Crippen LogP contribution in [0.15, 0.2) is 54.6 Å². The van der Waals surface area contributed by atoms with Crippen molar-refractivity contribution < 1.29 is 24.2 Å². The second-order valence-electron chi connectivity index (χ2n) is 4.98. The van der Waals surface area contributed by atoms with Gasteiger partial charge in [0.15, 0.2) is 5.78 Å². The van der Waals surface area contributed by atoms with Crippen molar-refractivity contribution in [3.05, 3.63) is 71.3 Å². The molecule has 0 radical (unpaired) electrons. The van der Waals surface area contributed by atoms with Crippen LogP contribution < -0.4 is 0 Å². The molecule has 0 saturated carbocycles. The number of carboxylic acids is 1. The van der Waals surface area contributed by atoms with E-state index in [4.69, 9.17) is 9.84 Å². The van der Waals surface area contributed by atoms with E-state index in [0.29, 0.717) is 0 Å². The summed E-state index contributed by atoms with van der Waals surface area (Å²) in [6, 6.07) is 16.2. The fraction of sp³-hybridized carbons (Fsp3) is 0.167. The first-order chi connectivity index (χ1) is 11.0. The maximum absolute atomic E-state index is 12.0. The van der Waals surface area contributed by atoms with Gasteiger partial charge in [-0.3, -0.25) is 9.59 Å². The summed E-state index contributed by atoms with van der Waals surface area (Å²) < 4.78 is 5.50. The first-order valence-corrected chi connectivity index (χ1v) is 7.00. The number of hydrogen-bond donors (Lipinski definition) is 1. The van der Waals surface area contributed by atoms with Gasteiger partial charge in [-0.1, -0.05) is 48.5 Å². The Morgan fingerprint density at radius 1 is 1.00 bits per heavy atom. The molecule has 0 saturated heterocycles. The molecule has 0 heterocycles. The summed E-state index contributed by atoms with van der Waals surface area (Å²) in [5.41, 5.74) is 1.98. The summed E-state index contributed by atoms with van der Waals surface area (Å²) in [7, 11) is 1.57. The third-order valence-corrected chi connectivity index (χ3v) is 3.41. The fourth-order valence-electron chi connectivity index (χ4n) is 2.29. The topological polar surface area (TPSA) is 80.7 Å². The third-order valence-electron chi connectivity index (χ3n) is 3.41. The Bertz CT molecular complexity index is 721. The number of rotatable bonds is 7. The highest BCUT2D eigenvalue weighted by Gasteiger charge is 2.19. The quantitative estimate of drug-likeness (QED) is 0.483. The molecule has 5 heteroatoms. The number of carboxylic acid groups (broad SMARTS) is 1. The van der Waals surface area contributed by atoms with Crippen LogP contribution in [0.25, 0.3) is 0 Å². The van der Waals surface area contributed by atoms with E-state index in [1.165, 1.54) is 0 Å². The Hall–Kier alpha value is -2.79. The zero-order valence-corrected chi connectivity index (χ0v) is 12.6. The Balaban J connectivity index is 2.27. The second-order valence-corrected chi connectivity index (χ2v) is 4.98. The van der Waals surface area contributed by atoms with Gasteiger partial charge < -0.3 is 9.84 Å². The van der Waals surface area contributed by atoms with Gasteiger partial charge in [-0.15, -0.1) is 0 Å². The zero-order chi connectivity index (χ0) is 16.8. The van der Waals surface area contributed by atoms with Crippen LogP contribution in [0.5, 0.6) is 0 Å². The summed E-state index contributed by atoms with van der Waals surface area (Å²) in [5, 5.41) is 8.59. The number of hydrogen-bond acceptors (Lipinski definition) is 4. The SMILES string of the molecule is COC(c1ccccc1)c1cccc(C(=O)CC(=O)C(=O)O)c1. The normalized spacial score (nSPS) is 11.7. The molecule has 0 spiro atoms. The predicted molar refractivity (Wildman–Crippen MR) is 83.3 cm³/mol. The molecule has 0 aliphatic carbocycles. The van der Waals surface area contributed by atoms with Gasteiger partial charge in [0, 0.05) is 12.7 Å². The van der Waals surface area contributed by atoms with Crippen LogP contribution in [-0.4, -0.2) is 29.8 Å². The van der Waals surface area contributed by atoms with Crippen molar-refractivity contribution in [2.45, 2.75) is 12.5 Å². The van der Waals surface area contributed by atoms with Crippen molar-refractivity contribution in [2.24, 2.45) is 0 Å². The second kappa shape index (κ2) is 7.47. The van der Waals surface area contributed by atoms with E-state index >= 15 is 0 Å². The van der Waals surface area contributed by atoms with Gasteiger partial charge in [-0.2, -0.15) is 0 Å². The number of carbonyl (C=O) groups excluding carboxylic acids is 2. The van der Waals surface area contributed by atoms with Gasteiger partial charge >= 0.3 is 5.97 Å². The van der Waals surface area contributed by atoms with Crippen LogP contribution in [0.4, 0.5) is 0 Å².